The van der Waals surface area contributed by atoms with Crippen LogP contribution in [0.5, 0.6) is 0 Å². The molecule has 0 unspecified atom stereocenters. The summed E-state index contributed by atoms with van der Waals surface area (Å²) in [4.78, 5) is 29.1. The Labute approximate surface area is 80.3 Å². The molecular weight excluding hydrogens is 196 g/mol. The van der Waals surface area contributed by atoms with Crippen LogP contribution in [0.15, 0.2) is 0 Å². The highest BCUT2D eigenvalue weighted by Crippen LogP contribution is 1.79. The van der Waals surface area contributed by atoms with Gasteiger partial charge >= 0.3 is 12.2 Å². The fraction of sp³-hybridized carbons (Fsp3) is 0.667. The van der Waals surface area contributed by atoms with Gasteiger partial charge in [0.05, 0.1) is 13.2 Å². The number of ether oxygens (including phenoxy) is 2. The Kier molecular flexibility index (Phi) is 7.19. The van der Waals surface area contributed by atoms with Crippen molar-refractivity contribution < 1.29 is 29.0 Å². The summed E-state index contributed by atoms with van der Waals surface area (Å²) < 4.78 is 8.79. The molecule has 0 aromatic carbocycles. The summed E-state index contributed by atoms with van der Waals surface area (Å²) in [5.41, 5.74) is 3.45. The van der Waals surface area contributed by atoms with E-state index in [0.29, 0.717) is 0 Å². The standard InChI is InChI=1S/C6H12N2O6/c1-3-11-5(9)7-13-14-8-6(10)12-4-2/h3-4H2,1-2H3,(H,7,9)(H,8,10). The third-order valence-electron chi connectivity index (χ3n) is 0.843. The Hall–Kier alpha value is -1.54. The molecule has 0 rings (SSSR count). The first-order chi connectivity index (χ1) is 6.70. The Balaban J connectivity index is 3.28. The molecule has 0 radical (unpaired) electrons. The molecule has 14 heavy (non-hydrogen) atoms. The molecule has 0 aliphatic heterocycles. The molecule has 0 saturated heterocycles. The van der Waals surface area contributed by atoms with E-state index in [2.05, 4.69) is 19.5 Å². The lowest BCUT2D eigenvalue weighted by Crippen LogP contribution is -2.31. The van der Waals surface area contributed by atoms with Crippen molar-refractivity contribution in [3.63, 3.8) is 0 Å². The third kappa shape index (κ3) is 7.13. The number of hydrogen-bond donors (Lipinski definition) is 2. The van der Waals surface area contributed by atoms with Crippen LogP contribution in [0.1, 0.15) is 13.8 Å². The Bertz CT molecular complexity index is 165. The van der Waals surface area contributed by atoms with E-state index < -0.39 is 12.2 Å². The fourth-order valence-corrected chi connectivity index (χ4v) is 0.431. The van der Waals surface area contributed by atoms with E-state index in [1.165, 1.54) is 0 Å². The van der Waals surface area contributed by atoms with Crippen molar-refractivity contribution in [2.45, 2.75) is 13.8 Å². The summed E-state index contributed by atoms with van der Waals surface area (Å²) in [6, 6.07) is 0. The lowest BCUT2D eigenvalue weighted by molar-refractivity contribution is -0.356. The molecule has 8 heteroatoms. The van der Waals surface area contributed by atoms with E-state index in [-0.39, 0.29) is 13.2 Å². The minimum absolute atomic E-state index is 0.195. The van der Waals surface area contributed by atoms with Crippen LogP contribution >= 0.6 is 0 Å². The first kappa shape index (κ1) is 12.5. The normalized spacial score (nSPS) is 9.00. The third-order valence-corrected chi connectivity index (χ3v) is 0.843. The van der Waals surface area contributed by atoms with Gasteiger partial charge in [0.15, 0.2) is 0 Å². The van der Waals surface area contributed by atoms with E-state index in [9.17, 15) is 9.59 Å². The van der Waals surface area contributed by atoms with Gasteiger partial charge in [-0.3, -0.25) is 0 Å². The van der Waals surface area contributed by atoms with Crippen molar-refractivity contribution in [1.29, 1.82) is 0 Å². The smallest absolute Gasteiger partial charge is 0.433 e. The number of hydroxylamine groups is 2. The number of amides is 2. The number of hydrogen-bond acceptors (Lipinski definition) is 6. The van der Waals surface area contributed by atoms with Crippen LogP contribution in [0.3, 0.4) is 0 Å². The molecule has 0 aromatic heterocycles. The summed E-state index contributed by atoms with van der Waals surface area (Å²) in [7, 11) is 0. The highest BCUT2D eigenvalue weighted by atomic mass is 17.3. The van der Waals surface area contributed by atoms with Crippen LogP contribution < -0.4 is 11.0 Å². The van der Waals surface area contributed by atoms with Crippen molar-refractivity contribution in [3.8, 4) is 0 Å². The molecule has 0 saturated carbocycles. The number of carbonyl (C=O) groups excluding carboxylic acids is 2. The van der Waals surface area contributed by atoms with Gasteiger partial charge in [-0.25, -0.2) is 9.59 Å². The minimum atomic E-state index is -0.835. The number of carbonyl (C=O) groups is 2. The molecule has 0 heterocycles. The van der Waals surface area contributed by atoms with Gasteiger partial charge < -0.3 is 9.47 Å². The van der Waals surface area contributed by atoms with Crippen LogP contribution in [0, 0.1) is 0 Å². The molecular formula is C6H12N2O6. The molecule has 82 valence electrons. The second-order valence-corrected chi connectivity index (χ2v) is 1.81. The summed E-state index contributed by atoms with van der Waals surface area (Å²) in [6.07, 6.45) is -1.67. The molecule has 0 aromatic rings. The lowest BCUT2D eigenvalue weighted by Gasteiger charge is -2.04. The lowest BCUT2D eigenvalue weighted by atomic mass is 10.9. The molecule has 0 aliphatic carbocycles. The molecule has 8 nitrogen and oxygen atoms in total. The zero-order valence-corrected chi connectivity index (χ0v) is 7.86. The minimum Gasteiger partial charge on any atom is -0.448 e. The van der Waals surface area contributed by atoms with Crippen LogP contribution in [-0.4, -0.2) is 25.4 Å². The van der Waals surface area contributed by atoms with Gasteiger partial charge in [0.25, 0.3) is 0 Å². The maximum absolute atomic E-state index is 10.5. The largest absolute Gasteiger partial charge is 0.448 e. The quantitative estimate of drug-likeness (QED) is 0.382. The topological polar surface area (TPSA) is 95.1 Å². The van der Waals surface area contributed by atoms with E-state index in [1.807, 2.05) is 0 Å². The van der Waals surface area contributed by atoms with Crippen molar-refractivity contribution in [1.82, 2.24) is 11.0 Å². The van der Waals surface area contributed by atoms with Crippen LogP contribution in [0.25, 0.3) is 0 Å². The SMILES string of the molecule is CCOC(=O)NOONC(=O)OCC. The predicted octanol–water partition coefficient (Wildman–Crippen LogP) is 0.257. The van der Waals surface area contributed by atoms with Crippen molar-refractivity contribution in [3.05, 3.63) is 0 Å². The molecule has 0 bridgehead atoms. The van der Waals surface area contributed by atoms with Crippen LogP contribution in [0.4, 0.5) is 9.59 Å². The van der Waals surface area contributed by atoms with Crippen LogP contribution in [-0.2, 0) is 19.5 Å². The van der Waals surface area contributed by atoms with E-state index in [1.54, 1.807) is 24.8 Å². The van der Waals surface area contributed by atoms with Gasteiger partial charge in [0, 0.05) is 0 Å². The highest BCUT2D eigenvalue weighted by Gasteiger charge is 2.02. The molecule has 0 fully saturated rings. The Morgan fingerprint density at radius 1 is 0.929 bits per heavy atom. The van der Waals surface area contributed by atoms with Crippen molar-refractivity contribution in [2.75, 3.05) is 13.2 Å². The second-order valence-electron chi connectivity index (χ2n) is 1.81. The Morgan fingerprint density at radius 3 is 1.57 bits per heavy atom. The summed E-state index contributed by atoms with van der Waals surface area (Å²) in [5.74, 6) is 0. The van der Waals surface area contributed by atoms with Gasteiger partial charge in [-0.15, -0.1) is 0 Å². The zero-order valence-electron chi connectivity index (χ0n) is 7.86. The molecule has 0 atom stereocenters. The van der Waals surface area contributed by atoms with Gasteiger partial charge in [-0.2, -0.15) is 11.0 Å². The van der Waals surface area contributed by atoms with E-state index in [0.717, 1.165) is 0 Å². The van der Waals surface area contributed by atoms with Gasteiger partial charge in [0.1, 0.15) is 0 Å². The Morgan fingerprint density at radius 2 is 1.29 bits per heavy atom. The monoisotopic (exact) mass is 208 g/mol. The average Bonchev–Trinajstić information content (AvgIpc) is 2.13. The number of nitrogens with one attached hydrogen (secondary N) is 2. The summed E-state index contributed by atoms with van der Waals surface area (Å²) >= 11 is 0. The first-order valence-electron chi connectivity index (χ1n) is 3.88. The zero-order chi connectivity index (χ0) is 10.8. The maximum Gasteiger partial charge on any atom is 0.433 e. The summed E-state index contributed by atoms with van der Waals surface area (Å²) in [6.45, 7) is 3.63. The van der Waals surface area contributed by atoms with Crippen molar-refractivity contribution in [2.24, 2.45) is 0 Å². The fourth-order valence-electron chi connectivity index (χ4n) is 0.431. The van der Waals surface area contributed by atoms with Gasteiger partial charge in [-0.1, -0.05) is 9.98 Å². The average molecular weight is 208 g/mol. The summed E-state index contributed by atoms with van der Waals surface area (Å²) in [5, 5.41) is 0. The second kappa shape index (κ2) is 8.08. The van der Waals surface area contributed by atoms with Crippen LogP contribution in [0.2, 0.25) is 0 Å². The van der Waals surface area contributed by atoms with E-state index >= 15 is 0 Å². The molecule has 2 N–H and O–H groups in total. The van der Waals surface area contributed by atoms with Gasteiger partial charge in [0.2, 0.25) is 0 Å². The molecule has 2 amide bonds. The van der Waals surface area contributed by atoms with Crippen molar-refractivity contribution >= 4 is 12.2 Å². The number of rotatable bonds is 5. The first-order valence-corrected chi connectivity index (χ1v) is 3.88. The predicted molar refractivity (Wildman–Crippen MR) is 42.5 cm³/mol. The molecule has 0 aliphatic rings. The van der Waals surface area contributed by atoms with E-state index in [4.69, 9.17) is 0 Å². The van der Waals surface area contributed by atoms with Gasteiger partial charge in [-0.05, 0) is 13.8 Å². The molecule has 0 spiro atoms. The maximum atomic E-state index is 10.5. The highest BCUT2D eigenvalue weighted by molar-refractivity contribution is 5.66.